The van der Waals surface area contributed by atoms with Gasteiger partial charge in [0.05, 0.1) is 5.25 Å². The van der Waals surface area contributed by atoms with E-state index in [-0.39, 0.29) is 28.9 Å². The van der Waals surface area contributed by atoms with Crippen LogP contribution in [0.25, 0.3) is 0 Å². The molecule has 164 valence electrons. The van der Waals surface area contributed by atoms with Crippen LogP contribution in [0.1, 0.15) is 46.0 Å². The zero-order valence-corrected chi connectivity index (χ0v) is 18.8. The molecule has 2 aromatic carbocycles. The monoisotopic (exact) mass is 439 g/mol. The van der Waals surface area contributed by atoms with Gasteiger partial charge in [0.2, 0.25) is 17.7 Å². The lowest BCUT2D eigenvalue weighted by Gasteiger charge is -2.20. The third-order valence-corrected chi connectivity index (χ3v) is 6.36. The molecule has 1 atom stereocenters. The Bertz CT molecular complexity index is 907. The van der Waals surface area contributed by atoms with E-state index >= 15 is 0 Å². The van der Waals surface area contributed by atoms with Crippen LogP contribution >= 0.6 is 11.8 Å². The predicted molar refractivity (Wildman–Crippen MR) is 126 cm³/mol. The lowest BCUT2D eigenvalue weighted by atomic mass is 9.88. The molecule has 0 radical (unpaired) electrons. The van der Waals surface area contributed by atoms with Gasteiger partial charge in [-0.3, -0.25) is 14.4 Å². The molecule has 1 aliphatic carbocycles. The van der Waals surface area contributed by atoms with Gasteiger partial charge in [-0.05, 0) is 68.3 Å². The standard InChI is InChI=1S/C24H29N3O3S/c1-16(23(29)26-20-10-8-19(9-11-20)25-17(2)28)31-22-14-12-21(13-15-22)27-24(30)18-6-4-3-5-7-18/h8-16,18H,3-7H2,1-2H3,(H,25,28)(H,26,29)(H,27,30). The average molecular weight is 440 g/mol. The molecule has 1 fully saturated rings. The lowest BCUT2D eigenvalue weighted by Crippen LogP contribution is -2.24. The molecular weight excluding hydrogens is 410 g/mol. The number of thioether (sulfide) groups is 1. The Kier molecular flexibility index (Phi) is 8.12. The van der Waals surface area contributed by atoms with Crippen LogP contribution in [0, 0.1) is 5.92 Å². The van der Waals surface area contributed by atoms with Crippen LogP contribution in [0.5, 0.6) is 0 Å². The summed E-state index contributed by atoms with van der Waals surface area (Å²) in [6.07, 6.45) is 5.44. The van der Waals surface area contributed by atoms with E-state index < -0.39 is 0 Å². The minimum absolute atomic E-state index is 0.105. The van der Waals surface area contributed by atoms with E-state index in [1.54, 1.807) is 24.3 Å². The highest BCUT2D eigenvalue weighted by molar-refractivity contribution is 8.00. The largest absolute Gasteiger partial charge is 0.326 e. The van der Waals surface area contributed by atoms with Crippen molar-refractivity contribution >= 4 is 46.5 Å². The summed E-state index contributed by atoms with van der Waals surface area (Å²) in [5, 5.41) is 8.30. The highest BCUT2D eigenvalue weighted by Crippen LogP contribution is 2.28. The number of benzene rings is 2. The molecule has 6 nitrogen and oxygen atoms in total. The molecule has 0 bridgehead atoms. The maximum atomic E-state index is 12.5. The molecule has 1 aliphatic rings. The number of hydrogen-bond donors (Lipinski definition) is 3. The first kappa shape index (κ1) is 22.9. The summed E-state index contributed by atoms with van der Waals surface area (Å²) in [5.41, 5.74) is 2.15. The molecular formula is C24H29N3O3S. The van der Waals surface area contributed by atoms with Gasteiger partial charge in [-0.25, -0.2) is 0 Å². The van der Waals surface area contributed by atoms with Crippen LogP contribution in [0.2, 0.25) is 0 Å². The fraction of sp³-hybridized carbons (Fsp3) is 0.375. The zero-order valence-electron chi connectivity index (χ0n) is 17.9. The Morgan fingerprint density at radius 3 is 1.90 bits per heavy atom. The number of hydrogen-bond acceptors (Lipinski definition) is 4. The van der Waals surface area contributed by atoms with Crippen LogP contribution in [0.15, 0.2) is 53.4 Å². The second kappa shape index (κ2) is 11.0. The molecule has 0 spiro atoms. The second-order valence-electron chi connectivity index (χ2n) is 7.86. The summed E-state index contributed by atoms with van der Waals surface area (Å²) in [7, 11) is 0. The van der Waals surface area contributed by atoms with E-state index in [2.05, 4.69) is 16.0 Å². The smallest absolute Gasteiger partial charge is 0.237 e. The third-order valence-electron chi connectivity index (χ3n) is 5.25. The Labute approximate surface area is 187 Å². The van der Waals surface area contributed by atoms with Gasteiger partial charge in [0.1, 0.15) is 0 Å². The Balaban J connectivity index is 1.49. The summed E-state index contributed by atoms with van der Waals surface area (Å²) in [6, 6.07) is 14.6. The molecule has 0 aromatic heterocycles. The van der Waals surface area contributed by atoms with Crippen molar-refractivity contribution < 1.29 is 14.4 Å². The van der Waals surface area contributed by atoms with Gasteiger partial charge in [-0.2, -0.15) is 0 Å². The molecule has 1 saturated carbocycles. The molecule has 7 heteroatoms. The van der Waals surface area contributed by atoms with Crippen molar-refractivity contribution in [2.45, 2.75) is 56.1 Å². The Hall–Kier alpha value is -2.80. The molecule has 3 N–H and O–H groups in total. The molecule has 1 unspecified atom stereocenters. The highest BCUT2D eigenvalue weighted by Gasteiger charge is 2.21. The normalized spacial score (nSPS) is 15.0. The SMILES string of the molecule is CC(=O)Nc1ccc(NC(=O)C(C)Sc2ccc(NC(=O)C3CCCCC3)cc2)cc1. The average Bonchev–Trinajstić information content (AvgIpc) is 2.76. The summed E-state index contributed by atoms with van der Waals surface area (Å²) >= 11 is 1.46. The molecule has 0 aliphatic heterocycles. The van der Waals surface area contributed by atoms with Crippen molar-refractivity contribution in [1.29, 1.82) is 0 Å². The second-order valence-corrected chi connectivity index (χ2v) is 9.27. The van der Waals surface area contributed by atoms with E-state index in [9.17, 15) is 14.4 Å². The predicted octanol–water partition coefficient (Wildman–Crippen LogP) is 5.28. The van der Waals surface area contributed by atoms with Crippen molar-refractivity contribution in [3.05, 3.63) is 48.5 Å². The number of anilines is 3. The zero-order chi connectivity index (χ0) is 22.2. The summed E-state index contributed by atoms with van der Waals surface area (Å²) in [6.45, 7) is 3.30. The first-order chi connectivity index (χ1) is 14.9. The van der Waals surface area contributed by atoms with Gasteiger partial charge in [0.15, 0.2) is 0 Å². The van der Waals surface area contributed by atoms with Crippen LogP contribution in [-0.4, -0.2) is 23.0 Å². The first-order valence-corrected chi connectivity index (χ1v) is 11.5. The summed E-state index contributed by atoms with van der Waals surface area (Å²) < 4.78 is 0. The minimum Gasteiger partial charge on any atom is -0.326 e. The van der Waals surface area contributed by atoms with E-state index in [1.807, 2.05) is 31.2 Å². The lowest BCUT2D eigenvalue weighted by molar-refractivity contribution is -0.120. The number of amides is 3. The van der Waals surface area contributed by atoms with E-state index in [4.69, 9.17) is 0 Å². The van der Waals surface area contributed by atoms with Crippen molar-refractivity contribution in [1.82, 2.24) is 0 Å². The Morgan fingerprint density at radius 2 is 1.32 bits per heavy atom. The quantitative estimate of drug-likeness (QED) is 0.512. The number of nitrogens with one attached hydrogen (secondary N) is 3. The van der Waals surface area contributed by atoms with Crippen molar-refractivity contribution in [2.24, 2.45) is 5.92 Å². The Morgan fingerprint density at radius 1 is 0.806 bits per heavy atom. The fourth-order valence-corrected chi connectivity index (χ4v) is 4.44. The number of rotatable bonds is 7. The third kappa shape index (κ3) is 7.14. The van der Waals surface area contributed by atoms with Crippen LogP contribution < -0.4 is 16.0 Å². The van der Waals surface area contributed by atoms with Crippen molar-refractivity contribution in [2.75, 3.05) is 16.0 Å². The molecule has 3 amide bonds. The van der Waals surface area contributed by atoms with Gasteiger partial charge in [-0.1, -0.05) is 19.3 Å². The number of carbonyl (C=O) groups is 3. The van der Waals surface area contributed by atoms with Crippen LogP contribution in [0.3, 0.4) is 0 Å². The van der Waals surface area contributed by atoms with Crippen molar-refractivity contribution in [3.63, 3.8) is 0 Å². The minimum atomic E-state index is -0.294. The van der Waals surface area contributed by atoms with Gasteiger partial charge in [0, 0.05) is 34.8 Å². The van der Waals surface area contributed by atoms with Gasteiger partial charge < -0.3 is 16.0 Å². The van der Waals surface area contributed by atoms with Crippen LogP contribution in [-0.2, 0) is 14.4 Å². The highest BCUT2D eigenvalue weighted by atomic mass is 32.2. The molecule has 2 aromatic rings. The van der Waals surface area contributed by atoms with Gasteiger partial charge >= 0.3 is 0 Å². The maximum absolute atomic E-state index is 12.5. The van der Waals surface area contributed by atoms with Gasteiger partial charge in [-0.15, -0.1) is 11.8 Å². The summed E-state index contributed by atoms with van der Waals surface area (Å²) in [4.78, 5) is 36.9. The van der Waals surface area contributed by atoms with E-state index in [0.29, 0.717) is 11.4 Å². The molecule has 0 heterocycles. The maximum Gasteiger partial charge on any atom is 0.237 e. The number of carbonyl (C=O) groups excluding carboxylic acids is 3. The fourth-order valence-electron chi connectivity index (χ4n) is 3.57. The molecule has 0 saturated heterocycles. The first-order valence-electron chi connectivity index (χ1n) is 10.7. The van der Waals surface area contributed by atoms with E-state index in [0.717, 1.165) is 36.3 Å². The summed E-state index contributed by atoms with van der Waals surface area (Å²) in [5.74, 6) is -0.00969. The molecule has 3 rings (SSSR count). The molecule has 31 heavy (non-hydrogen) atoms. The van der Waals surface area contributed by atoms with E-state index in [1.165, 1.54) is 25.1 Å². The van der Waals surface area contributed by atoms with Gasteiger partial charge in [0.25, 0.3) is 0 Å². The topological polar surface area (TPSA) is 87.3 Å². The van der Waals surface area contributed by atoms with Crippen molar-refractivity contribution in [3.8, 4) is 0 Å². The van der Waals surface area contributed by atoms with Crippen LogP contribution in [0.4, 0.5) is 17.1 Å².